The topological polar surface area (TPSA) is 96.5 Å². The summed E-state index contributed by atoms with van der Waals surface area (Å²) in [4.78, 5) is 57.8. The van der Waals surface area contributed by atoms with E-state index in [1.165, 1.54) is 31.0 Å². The zero-order valence-electron chi connectivity index (χ0n) is 29.1. The van der Waals surface area contributed by atoms with Gasteiger partial charge in [0.1, 0.15) is 18.3 Å². The number of halogens is 7. The molecule has 0 N–H and O–H groups in total. The van der Waals surface area contributed by atoms with Gasteiger partial charge in [0, 0.05) is 13.6 Å². The Morgan fingerprint density at radius 2 is 1.57 bits per heavy atom. The second-order valence-electron chi connectivity index (χ2n) is 13.3. The number of esters is 1. The Labute approximate surface area is 300 Å². The van der Waals surface area contributed by atoms with Crippen molar-refractivity contribution >= 4 is 24.0 Å². The lowest BCUT2D eigenvalue weighted by molar-refractivity contribution is -0.150. The van der Waals surface area contributed by atoms with Crippen LogP contribution in [0.4, 0.5) is 40.3 Å². The van der Waals surface area contributed by atoms with Gasteiger partial charge in [0.05, 0.1) is 35.9 Å². The Morgan fingerprint density at radius 1 is 0.943 bits per heavy atom. The highest BCUT2D eigenvalue weighted by Gasteiger charge is 2.60. The standard InChI is InChI=1S/C37H36F7N3O6/c1-21-14-27(38)10-11-28(21)30-19-35(18-29(32(49)52-4)31(48)47(35)34(51)53-20-23-8-6-5-7-9-23)12-13-46(30)33(50)45(3)22(2)24-15-25(36(39,40)41)17-26(16-24)37(42,43)44/h5-11,14-17,22,29-30H,12-13,18-20H2,1-4H3/t22-,29?,30-,35-/m1/s1. The second-order valence-corrected chi connectivity index (χ2v) is 13.3. The summed E-state index contributed by atoms with van der Waals surface area (Å²) in [5.41, 5.74) is -3.55. The van der Waals surface area contributed by atoms with Gasteiger partial charge in [-0.3, -0.25) is 9.59 Å². The summed E-state index contributed by atoms with van der Waals surface area (Å²) >= 11 is 0. The number of methoxy groups -OCH3 is 1. The number of hydrogen-bond acceptors (Lipinski definition) is 6. The molecule has 0 radical (unpaired) electrons. The number of likely N-dealkylation sites (tertiary alicyclic amines) is 2. The third-order valence-corrected chi connectivity index (χ3v) is 10.0. The predicted octanol–water partition coefficient (Wildman–Crippen LogP) is 8.22. The molecule has 2 aliphatic heterocycles. The van der Waals surface area contributed by atoms with Gasteiger partial charge in [0.15, 0.2) is 0 Å². The van der Waals surface area contributed by atoms with Gasteiger partial charge in [-0.1, -0.05) is 36.4 Å². The molecular weight excluding hydrogens is 715 g/mol. The molecule has 4 amide bonds. The Hall–Kier alpha value is -5.15. The number of urea groups is 1. The maximum Gasteiger partial charge on any atom is 0.417 e. The van der Waals surface area contributed by atoms with Crippen LogP contribution in [0.2, 0.25) is 0 Å². The van der Waals surface area contributed by atoms with Crippen molar-refractivity contribution in [3.8, 4) is 0 Å². The Morgan fingerprint density at radius 3 is 2.13 bits per heavy atom. The lowest BCUT2D eigenvalue weighted by Gasteiger charge is -2.49. The van der Waals surface area contributed by atoms with Crippen molar-refractivity contribution in [3.05, 3.63) is 106 Å². The minimum Gasteiger partial charge on any atom is -0.468 e. The van der Waals surface area contributed by atoms with E-state index in [2.05, 4.69) is 0 Å². The molecule has 1 unspecified atom stereocenters. The van der Waals surface area contributed by atoms with Gasteiger partial charge in [-0.15, -0.1) is 0 Å². The third kappa shape index (κ3) is 7.95. The maximum absolute atomic E-state index is 14.3. The van der Waals surface area contributed by atoms with E-state index in [0.717, 1.165) is 23.0 Å². The number of amides is 4. The molecule has 0 aromatic heterocycles. The van der Waals surface area contributed by atoms with Crippen LogP contribution in [-0.2, 0) is 38.0 Å². The van der Waals surface area contributed by atoms with Crippen molar-refractivity contribution in [1.29, 1.82) is 0 Å². The average molecular weight is 752 g/mol. The largest absolute Gasteiger partial charge is 0.468 e. The SMILES string of the molecule is COC(=O)C1C[C@@]2(CCN(C(=O)N(C)[C@H](C)c3cc(C(F)(F)F)cc(C(F)(F)F)c3)[C@@H](c3ccc(F)cc3C)C2)N(C(=O)OCc2ccccc2)C1=O. The molecular formula is C37H36F7N3O6. The molecule has 2 heterocycles. The van der Waals surface area contributed by atoms with E-state index in [1.807, 2.05) is 0 Å². The summed E-state index contributed by atoms with van der Waals surface area (Å²) in [6.07, 6.45) is -11.7. The van der Waals surface area contributed by atoms with E-state index in [4.69, 9.17) is 9.47 Å². The van der Waals surface area contributed by atoms with Crippen molar-refractivity contribution in [2.75, 3.05) is 20.7 Å². The molecule has 2 aliphatic rings. The predicted molar refractivity (Wildman–Crippen MR) is 174 cm³/mol. The smallest absolute Gasteiger partial charge is 0.417 e. The number of aryl methyl sites for hydroxylation is 1. The van der Waals surface area contributed by atoms with Crippen molar-refractivity contribution < 1.29 is 59.4 Å². The van der Waals surface area contributed by atoms with Gasteiger partial charge in [0.25, 0.3) is 0 Å². The molecule has 0 saturated carbocycles. The molecule has 16 heteroatoms. The number of piperidine rings is 1. The van der Waals surface area contributed by atoms with E-state index in [9.17, 15) is 49.9 Å². The normalized spacial score (nSPS) is 21.1. The molecule has 2 fully saturated rings. The molecule has 0 bridgehead atoms. The molecule has 0 aliphatic carbocycles. The van der Waals surface area contributed by atoms with Gasteiger partial charge in [-0.2, -0.15) is 26.3 Å². The summed E-state index contributed by atoms with van der Waals surface area (Å²) in [5, 5.41) is 0. The molecule has 4 atom stereocenters. The van der Waals surface area contributed by atoms with E-state index in [-0.39, 0.29) is 38.5 Å². The minimum absolute atomic E-state index is 0.00341. The number of carbonyl (C=O) groups excluding carboxylic acids is 4. The lowest BCUT2D eigenvalue weighted by Crippen LogP contribution is -2.58. The fraction of sp³-hybridized carbons (Fsp3) is 0.405. The van der Waals surface area contributed by atoms with Gasteiger partial charge in [-0.05, 0) is 85.7 Å². The first kappa shape index (κ1) is 39.1. The number of carbonyl (C=O) groups is 4. The first-order chi connectivity index (χ1) is 24.8. The molecule has 53 heavy (non-hydrogen) atoms. The molecule has 1 spiro atoms. The third-order valence-electron chi connectivity index (χ3n) is 10.0. The molecule has 3 aromatic carbocycles. The number of alkyl halides is 6. The van der Waals surface area contributed by atoms with E-state index in [1.54, 1.807) is 37.3 Å². The second kappa shape index (κ2) is 14.7. The van der Waals surface area contributed by atoms with Gasteiger partial charge in [0.2, 0.25) is 5.91 Å². The fourth-order valence-electron chi connectivity index (χ4n) is 7.12. The Balaban J connectivity index is 1.52. The highest BCUT2D eigenvalue weighted by molar-refractivity contribution is 6.06. The van der Waals surface area contributed by atoms with Crippen LogP contribution in [0.15, 0.2) is 66.7 Å². The summed E-state index contributed by atoms with van der Waals surface area (Å²) in [6.45, 7) is 2.44. The monoisotopic (exact) mass is 751 g/mol. The van der Waals surface area contributed by atoms with Crippen LogP contribution >= 0.6 is 0 Å². The first-order valence-electron chi connectivity index (χ1n) is 16.5. The molecule has 284 valence electrons. The van der Waals surface area contributed by atoms with Crippen LogP contribution in [0.25, 0.3) is 0 Å². The summed E-state index contributed by atoms with van der Waals surface area (Å²) in [6, 6.07) is 10.3. The molecule has 9 nitrogen and oxygen atoms in total. The quantitative estimate of drug-likeness (QED) is 0.143. The summed E-state index contributed by atoms with van der Waals surface area (Å²) in [5.74, 6) is -3.76. The number of hydrogen-bond donors (Lipinski definition) is 0. The van der Waals surface area contributed by atoms with Gasteiger partial charge >= 0.3 is 30.4 Å². The van der Waals surface area contributed by atoms with Gasteiger partial charge in [-0.25, -0.2) is 18.9 Å². The summed E-state index contributed by atoms with van der Waals surface area (Å²) in [7, 11) is 2.31. The number of nitrogens with zero attached hydrogens (tertiary/aromatic N) is 3. The fourth-order valence-corrected chi connectivity index (χ4v) is 7.12. The van der Waals surface area contributed by atoms with E-state index in [0.29, 0.717) is 28.8 Å². The Bertz CT molecular complexity index is 1850. The van der Waals surface area contributed by atoms with Crippen LogP contribution < -0.4 is 0 Å². The zero-order valence-corrected chi connectivity index (χ0v) is 29.1. The minimum atomic E-state index is -5.11. The lowest BCUT2D eigenvalue weighted by atomic mass is 9.77. The number of imide groups is 1. The average Bonchev–Trinajstić information content (AvgIpc) is 3.39. The maximum atomic E-state index is 14.3. The van der Waals surface area contributed by atoms with Crippen molar-refractivity contribution in [2.45, 2.75) is 69.7 Å². The molecule has 3 aromatic rings. The van der Waals surface area contributed by atoms with Crippen LogP contribution in [0.3, 0.4) is 0 Å². The zero-order chi connectivity index (χ0) is 39.0. The number of rotatable bonds is 6. The van der Waals surface area contributed by atoms with Crippen molar-refractivity contribution in [3.63, 3.8) is 0 Å². The first-order valence-corrected chi connectivity index (χ1v) is 16.5. The van der Waals surface area contributed by atoms with E-state index < -0.39 is 82.4 Å². The molecule has 2 saturated heterocycles. The number of ether oxygens (including phenoxy) is 2. The highest BCUT2D eigenvalue weighted by Crippen LogP contribution is 2.49. The van der Waals surface area contributed by atoms with Crippen molar-refractivity contribution in [1.82, 2.24) is 14.7 Å². The van der Waals surface area contributed by atoms with Crippen LogP contribution in [-0.4, -0.2) is 64.9 Å². The van der Waals surface area contributed by atoms with E-state index >= 15 is 0 Å². The van der Waals surface area contributed by atoms with Crippen molar-refractivity contribution in [2.24, 2.45) is 5.92 Å². The Kier molecular flexibility index (Phi) is 10.8. The van der Waals surface area contributed by atoms with Crippen LogP contribution in [0.5, 0.6) is 0 Å². The molecule has 5 rings (SSSR count). The number of benzene rings is 3. The van der Waals surface area contributed by atoms with Crippen LogP contribution in [0.1, 0.15) is 71.7 Å². The van der Waals surface area contributed by atoms with Gasteiger partial charge < -0.3 is 19.3 Å². The highest BCUT2D eigenvalue weighted by atomic mass is 19.4. The van der Waals surface area contributed by atoms with Crippen LogP contribution in [0, 0.1) is 18.7 Å². The summed E-state index contributed by atoms with van der Waals surface area (Å²) < 4.78 is 107.